The Kier molecular flexibility index (Phi) is 9.18. The zero-order valence-corrected chi connectivity index (χ0v) is 10.5. The van der Waals surface area contributed by atoms with Crippen molar-refractivity contribution in [2.45, 2.75) is 39.3 Å². The van der Waals surface area contributed by atoms with E-state index in [1.165, 1.54) is 0 Å². The molecule has 0 saturated carbocycles. The summed E-state index contributed by atoms with van der Waals surface area (Å²) in [6.45, 7) is 7.71. The van der Waals surface area contributed by atoms with E-state index in [-0.39, 0.29) is 11.9 Å². The van der Waals surface area contributed by atoms with Crippen LogP contribution < -0.4 is 10.6 Å². The molecule has 1 atom stereocenters. The fraction of sp³-hybridized carbons (Fsp3) is 0.909. The molecule has 16 heavy (non-hydrogen) atoms. The molecule has 0 aliphatic rings. The van der Waals surface area contributed by atoms with Gasteiger partial charge in [-0.1, -0.05) is 0 Å². The second kappa shape index (κ2) is 9.57. The molecule has 0 fully saturated rings. The van der Waals surface area contributed by atoms with Crippen LogP contribution in [0.15, 0.2) is 0 Å². The molecular weight excluding hydrogens is 208 g/mol. The van der Waals surface area contributed by atoms with Crippen molar-refractivity contribution >= 4 is 5.91 Å². The molecule has 0 saturated heterocycles. The summed E-state index contributed by atoms with van der Waals surface area (Å²) in [6.07, 6.45) is -0.0763. The molecule has 5 nitrogen and oxygen atoms in total. The third kappa shape index (κ3) is 9.89. The van der Waals surface area contributed by atoms with Crippen LogP contribution in [-0.4, -0.2) is 49.5 Å². The van der Waals surface area contributed by atoms with E-state index in [0.717, 1.165) is 0 Å². The molecule has 1 amide bonds. The molecule has 0 radical (unpaired) electrons. The quantitative estimate of drug-likeness (QED) is 0.485. The lowest BCUT2D eigenvalue weighted by Crippen LogP contribution is -2.35. The maximum absolute atomic E-state index is 11.2. The van der Waals surface area contributed by atoms with Crippen molar-refractivity contribution < 1.29 is 14.6 Å². The summed E-state index contributed by atoms with van der Waals surface area (Å²) in [6, 6.07) is 0.177. The number of aliphatic hydroxyl groups excluding tert-OH is 1. The highest BCUT2D eigenvalue weighted by Crippen LogP contribution is 1.85. The molecule has 0 rings (SSSR count). The minimum Gasteiger partial charge on any atom is -0.389 e. The minimum absolute atomic E-state index is 0.0294. The Morgan fingerprint density at radius 3 is 2.69 bits per heavy atom. The molecule has 0 aromatic heterocycles. The Labute approximate surface area is 97.6 Å². The Morgan fingerprint density at radius 1 is 1.44 bits per heavy atom. The molecule has 0 aliphatic heterocycles. The van der Waals surface area contributed by atoms with Crippen molar-refractivity contribution in [2.24, 2.45) is 0 Å². The van der Waals surface area contributed by atoms with Gasteiger partial charge in [0.1, 0.15) is 0 Å². The maximum atomic E-state index is 11.2. The van der Waals surface area contributed by atoms with E-state index in [9.17, 15) is 9.90 Å². The molecule has 0 heterocycles. The summed E-state index contributed by atoms with van der Waals surface area (Å²) >= 11 is 0. The number of hydrogen-bond acceptors (Lipinski definition) is 4. The summed E-state index contributed by atoms with van der Waals surface area (Å²) in [5.74, 6) is 0.0294. The van der Waals surface area contributed by atoms with Gasteiger partial charge in [-0.25, -0.2) is 0 Å². The normalized spacial score (nSPS) is 12.8. The maximum Gasteiger partial charge on any atom is 0.221 e. The Balaban J connectivity index is 3.35. The first-order chi connectivity index (χ1) is 7.56. The Bertz CT molecular complexity index is 186. The fourth-order valence-corrected chi connectivity index (χ4v) is 1.18. The van der Waals surface area contributed by atoms with E-state index in [4.69, 9.17) is 4.74 Å². The number of carbonyl (C=O) groups is 1. The third-order valence-corrected chi connectivity index (χ3v) is 1.87. The smallest absolute Gasteiger partial charge is 0.221 e. The van der Waals surface area contributed by atoms with Crippen molar-refractivity contribution in [3.8, 4) is 0 Å². The van der Waals surface area contributed by atoms with Crippen LogP contribution >= 0.6 is 0 Å². The van der Waals surface area contributed by atoms with Crippen LogP contribution in [0.5, 0.6) is 0 Å². The van der Waals surface area contributed by atoms with Gasteiger partial charge in [-0.05, 0) is 20.8 Å². The average Bonchev–Trinajstić information content (AvgIpc) is 2.20. The second-order valence-electron chi connectivity index (χ2n) is 3.99. The molecule has 5 heteroatoms. The second-order valence-corrected chi connectivity index (χ2v) is 3.99. The molecule has 0 aliphatic carbocycles. The van der Waals surface area contributed by atoms with E-state index in [1.54, 1.807) is 0 Å². The lowest BCUT2D eigenvalue weighted by atomic mass is 10.3. The van der Waals surface area contributed by atoms with E-state index in [1.807, 2.05) is 20.8 Å². The highest BCUT2D eigenvalue weighted by Gasteiger charge is 2.05. The van der Waals surface area contributed by atoms with Gasteiger partial charge >= 0.3 is 0 Å². The Hall–Kier alpha value is -0.650. The van der Waals surface area contributed by atoms with E-state index in [2.05, 4.69) is 10.6 Å². The fourth-order valence-electron chi connectivity index (χ4n) is 1.18. The predicted molar refractivity (Wildman–Crippen MR) is 63.3 cm³/mol. The SMILES string of the molecule is CCOCC(O)CNCCC(=O)NC(C)C. The van der Waals surface area contributed by atoms with Gasteiger partial charge in [0.15, 0.2) is 0 Å². The minimum atomic E-state index is -0.506. The molecule has 0 spiro atoms. The molecule has 96 valence electrons. The molecule has 1 unspecified atom stereocenters. The van der Waals surface area contributed by atoms with Crippen molar-refractivity contribution in [3.05, 3.63) is 0 Å². The highest BCUT2D eigenvalue weighted by molar-refractivity contribution is 5.76. The van der Waals surface area contributed by atoms with Crippen LogP contribution in [0.2, 0.25) is 0 Å². The molecule has 0 aromatic carbocycles. The zero-order valence-electron chi connectivity index (χ0n) is 10.5. The van der Waals surface area contributed by atoms with Crippen LogP contribution in [0.3, 0.4) is 0 Å². The first kappa shape index (κ1) is 15.3. The van der Waals surface area contributed by atoms with Crippen LogP contribution in [0.1, 0.15) is 27.2 Å². The van der Waals surface area contributed by atoms with Gasteiger partial charge in [0, 0.05) is 32.2 Å². The van der Waals surface area contributed by atoms with Crippen molar-refractivity contribution in [2.75, 3.05) is 26.3 Å². The van der Waals surface area contributed by atoms with E-state index in [0.29, 0.717) is 32.7 Å². The van der Waals surface area contributed by atoms with Crippen LogP contribution in [0, 0.1) is 0 Å². The standard InChI is InChI=1S/C11H24N2O3/c1-4-16-8-10(14)7-12-6-5-11(15)13-9(2)3/h9-10,12,14H,4-8H2,1-3H3,(H,13,15). The van der Waals surface area contributed by atoms with E-state index >= 15 is 0 Å². The number of amides is 1. The van der Waals surface area contributed by atoms with Gasteiger partial charge in [-0.15, -0.1) is 0 Å². The summed E-state index contributed by atoms with van der Waals surface area (Å²) in [4.78, 5) is 11.2. The molecule has 3 N–H and O–H groups in total. The summed E-state index contributed by atoms with van der Waals surface area (Å²) in [5, 5.41) is 15.2. The van der Waals surface area contributed by atoms with Gasteiger partial charge in [0.25, 0.3) is 0 Å². The molecule has 0 bridgehead atoms. The largest absolute Gasteiger partial charge is 0.389 e. The zero-order chi connectivity index (χ0) is 12.4. The van der Waals surface area contributed by atoms with Gasteiger partial charge < -0.3 is 20.5 Å². The number of carbonyl (C=O) groups excluding carboxylic acids is 1. The topological polar surface area (TPSA) is 70.6 Å². The highest BCUT2D eigenvalue weighted by atomic mass is 16.5. The number of rotatable bonds is 9. The van der Waals surface area contributed by atoms with Crippen LogP contribution in [0.4, 0.5) is 0 Å². The van der Waals surface area contributed by atoms with Gasteiger partial charge in [-0.2, -0.15) is 0 Å². The summed E-state index contributed by atoms with van der Waals surface area (Å²) < 4.78 is 5.06. The lowest BCUT2D eigenvalue weighted by molar-refractivity contribution is -0.121. The van der Waals surface area contributed by atoms with Crippen molar-refractivity contribution in [3.63, 3.8) is 0 Å². The van der Waals surface area contributed by atoms with Crippen molar-refractivity contribution in [1.29, 1.82) is 0 Å². The first-order valence-electron chi connectivity index (χ1n) is 5.82. The van der Waals surface area contributed by atoms with Crippen molar-refractivity contribution in [1.82, 2.24) is 10.6 Å². The number of nitrogens with one attached hydrogen (secondary N) is 2. The third-order valence-electron chi connectivity index (χ3n) is 1.87. The van der Waals surface area contributed by atoms with Gasteiger partial charge in [-0.3, -0.25) is 4.79 Å². The van der Waals surface area contributed by atoms with Gasteiger partial charge in [0.2, 0.25) is 5.91 Å². The number of aliphatic hydroxyl groups is 1. The first-order valence-corrected chi connectivity index (χ1v) is 5.82. The summed E-state index contributed by atoms with van der Waals surface area (Å²) in [5.41, 5.74) is 0. The Morgan fingerprint density at radius 2 is 2.12 bits per heavy atom. The average molecular weight is 232 g/mol. The monoisotopic (exact) mass is 232 g/mol. The van der Waals surface area contributed by atoms with E-state index < -0.39 is 6.10 Å². The van der Waals surface area contributed by atoms with Gasteiger partial charge in [0.05, 0.1) is 12.7 Å². The lowest BCUT2D eigenvalue weighted by Gasteiger charge is -2.12. The molecule has 0 aromatic rings. The van der Waals surface area contributed by atoms with Crippen LogP contribution in [-0.2, 0) is 9.53 Å². The predicted octanol–water partition coefficient (Wildman–Crippen LogP) is -0.112. The number of hydrogen-bond donors (Lipinski definition) is 3. The summed E-state index contributed by atoms with van der Waals surface area (Å²) in [7, 11) is 0. The molecular formula is C11H24N2O3. The number of ether oxygens (including phenoxy) is 1. The van der Waals surface area contributed by atoms with Crippen LogP contribution in [0.25, 0.3) is 0 Å².